The summed E-state index contributed by atoms with van der Waals surface area (Å²) in [6.07, 6.45) is 6.58. The number of carboxylic acids is 1. The molecule has 0 saturated carbocycles. The topological polar surface area (TPSA) is 392 Å². The summed E-state index contributed by atoms with van der Waals surface area (Å²) in [5.41, 5.74) is 33.9. The van der Waals surface area contributed by atoms with Gasteiger partial charge in [0.15, 0.2) is 5.96 Å². The number of nitrogens with two attached hydrogens (primary N) is 6. The number of amides is 6. The number of carbonyl (C=O) groups is 7. The quantitative estimate of drug-likeness (QED) is 0.0174. The van der Waals surface area contributed by atoms with Crippen molar-refractivity contribution in [3.8, 4) is 0 Å². The Morgan fingerprint density at radius 3 is 1.23 bits per heavy atom. The van der Waals surface area contributed by atoms with Gasteiger partial charge < -0.3 is 76.7 Å². The minimum Gasteiger partial charge on any atom is -0.480 e. The summed E-state index contributed by atoms with van der Waals surface area (Å²) in [5, 5.41) is 29.2. The van der Waals surface area contributed by atoms with Gasteiger partial charge in [0.05, 0.1) is 6.04 Å². The number of carbonyl (C=O) groups excluding carboxylic acids is 6. The highest BCUT2D eigenvalue weighted by Gasteiger charge is 2.34. The monoisotopic (exact) mass is 883 g/mol. The fraction of sp³-hybridized carbons (Fsp3) is 0.800. The van der Waals surface area contributed by atoms with E-state index in [0.717, 1.165) is 6.42 Å². The van der Waals surface area contributed by atoms with Crippen LogP contribution in [0.2, 0.25) is 0 Å². The molecule has 356 valence electrons. The summed E-state index contributed by atoms with van der Waals surface area (Å²) in [7, 11) is 0. The molecule has 0 bridgehead atoms. The first kappa shape index (κ1) is 55.4. The number of aliphatic carboxylic acids is 1. The molecule has 1 aliphatic heterocycles. The van der Waals surface area contributed by atoms with E-state index in [1.165, 1.54) is 0 Å². The van der Waals surface area contributed by atoms with E-state index in [9.17, 15) is 38.7 Å². The van der Waals surface area contributed by atoms with E-state index >= 15 is 0 Å². The molecule has 20 N–H and O–H groups in total. The lowest BCUT2D eigenvalue weighted by molar-refractivity contribution is -0.143. The van der Waals surface area contributed by atoms with Crippen molar-refractivity contribution in [3.05, 3.63) is 0 Å². The molecule has 1 aliphatic rings. The van der Waals surface area contributed by atoms with Crippen molar-refractivity contribution in [2.24, 2.45) is 45.3 Å². The van der Waals surface area contributed by atoms with E-state index in [0.29, 0.717) is 96.9 Å². The number of nitrogens with zero attached hydrogens (tertiary/aromatic N) is 1. The average Bonchev–Trinajstić information content (AvgIpc) is 3.77. The van der Waals surface area contributed by atoms with Gasteiger partial charge in [-0.1, -0.05) is 13.8 Å². The lowest BCUT2D eigenvalue weighted by Gasteiger charge is -2.28. The highest BCUT2D eigenvalue weighted by molar-refractivity contribution is 5.97. The van der Waals surface area contributed by atoms with Gasteiger partial charge in [0.2, 0.25) is 35.4 Å². The van der Waals surface area contributed by atoms with E-state index in [2.05, 4.69) is 42.2 Å². The molecule has 0 aromatic heterocycles. The van der Waals surface area contributed by atoms with Crippen molar-refractivity contribution >= 4 is 47.4 Å². The number of carboxylic acid groups (broad SMARTS) is 1. The predicted molar refractivity (Wildman–Crippen MR) is 237 cm³/mol. The largest absolute Gasteiger partial charge is 0.480 e. The Bertz CT molecular complexity index is 1410. The maximum absolute atomic E-state index is 14.1. The van der Waals surface area contributed by atoms with E-state index in [4.69, 9.17) is 34.4 Å². The normalized spacial score (nSPS) is 16.5. The number of aliphatic imine (C=N–C) groups is 1. The Balaban J connectivity index is 3.42. The molecular weight excluding hydrogens is 805 g/mol. The number of hydrogen-bond donors (Lipinski definition) is 14. The Morgan fingerprint density at radius 2 is 0.919 bits per heavy atom. The molecule has 6 amide bonds. The molecule has 1 rings (SSSR count). The van der Waals surface area contributed by atoms with Crippen LogP contribution in [-0.2, 0) is 33.6 Å². The summed E-state index contributed by atoms with van der Waals surface area (Å²) >= 11 is 0. The molecule has 62 heavy (non-hydrogen) atoms. The second-order valence-corrected chi connectivity index (χ2v) is 16.1. The Kier molecular flexibility index (Phi) is 28.7. The van der Waals surface area contributed by atoms with Gasteiger partial charge >= 0.3 is 5.97 Å². The number of guanidine groups is 1. The Labute approximate surface area is 366 Å². The van der Waals surface area contributed by atoms with Crippen LogP contribution in [0.1, 0.15) is 117 Å². The van der Waals surface area contributed by atoms with Crippen LogP contribution < -0.4 is 71.6 Å². The van der Waals surface area contributed by atoms with Gasteiger partial charge in [-0.2, -0.15) is 0 Å². The average molecular weight is 883 g/mol. The fourth-order valence-corrected chi connectivity index (χ4v) is 6.86. The number of rotatable bonds is 34. The molecule has 0 aliphatic carbocycles. The second kappa shape index (κ2) is 32.1. The predicted octanol–water partition coefficient (Wildman–Crippen LogP) is -3.04. The number of hydrogen-bond acceptors (Lipinski definition) is 13. The standard InChI is InChI=1S/C40H78N14O8/c1-25(2)32(39(61)62)54-38(60)30(16-6-10-22-44)52-37(59)31(18-12-24-48-40(45)46)53-36(58)29(15-5-9-21-43)51-35(57)28(14-4-8-20-42)50-34(56)27(13-3-7-19-41)49-33(55)26-17-11-23-47-26/h25-32,47H,3-24,41-44H2,1-2H3,(H,49,55)(H,50,56)(H,51,57)(H,52,59)(H,53,58)(H,54,60)(H,61,62)(H4,45,46,48)/t26-,27-,28-,29-,30-,31-,32-/m0/s1. The minimum absolute atomic E-state index is 0.0180. The molecule has 0 aromatic carbocycles. The molecule has 0 spiro atoms. The van der Waals surface area contributed by atoms with Gasteiger partial charge in [0.1, 0.15) is 36.3 Å². The van der Waals surface area contributed by atoms with Crippen molar-refractivity contribution < 1.29 is 38.7 Å². The van der Waals surface area contributed by atoms with Gasteiger partial charge in [0, 0.05) is 6.54 Å². The molecule has 1 heterocycles. The summed E-state index contributed by atoms with van der Waals surface area (Å²) in [6.45, 7) is 5.47. The first-order valence-corrected chi connectivity index (χ1v) is 22.2. The smallest absolute Gasteiger partial charge is 0.326 e. The molecule has 7 atom stereocenters. The van der Waals surface area contributed by atoms with Gasteiger partial charge in [0.25, 0.3) is 0 Å². The van der Waals surface area contributed by atoms with Crippen LogP contribution in [0, 0.1) is 5.92 Å². The first-order valence-electron chi connectivity index (χ1n) is 22.2. The van der Waals surface area contributed by atoms with Gasteiger partial charge in [-0.15, -0.1) is 0 Å². The zero-order valence-corrected chi connectivity index (χ0v) is 36.9. The maximum atomic E-state index is 14.1. The molecule has 0 aromatic rings. The zero-order valence-electron chi connectivity index (χ0n) is 36.9. The Morgan fingerprint density at radius 1 is 0.565 bits per heavy atom. The molecule has 22 nitrogen and oxygen atoms in total. The lowest BCUT2D eigenvalue weighted by Crippen LogP contribution is -2.60. The molecule has 22 heteroatoms. The van der Waals surface area contributed by atoms with Crippen molar-refractivity contribution in [2.75, 3.05) is 39.3 Å². The van der Waals surface area contributed by atoms with Gasteiger partial charge in [-0.3, -0.25) is 33.8 Å². The van der Waals surface area contributed by atoms with Gasteiger partial charge in [-0.05, 0) is 141 Å². The van der Waals surface area contributed by atoms with Crippen molar-refractivity contribution in [2.45, 2.75) is 159 Å². The van der Waals surface area contributed by atoms with Crippen molar-refractivity contribution in [3.63, 3.8) is 0 Å². The number of nitrogens with one attached hydrogen (secondary N) is 7. The van der Waals surface area contributed by atoms with Crippen LogP contribution in [0.25, 0.3) is 0 Å². The molecule has 1 fully saturated rings. The SMILES string of the molecule is CC(C)[C@H](NC(=O)[C@H](CCCCN)NC(=O)[C@H](CCCN=C(N)N)NC(=O)[C@H](CCCCN)NC(=O)[C@H](CCCCN)NC(=O)[C@H](CCCCN)NC(=O)[C@@H]1CCCN1)C(=O)O. The highest BCUT2D eigenvalue weighted by Crippen LogP contribution is 2.12. The molecule has 0 radical (unpaired) electrons. The molecular formula is C40H78N14O8. The van der Waals surface area contributed by atoms with Crippen LogP contribution in [0.4, 0.5) is 0 Å². The summed E-state index contributed by atoms with van der Waals surface area (Å²) in [4.78, 5) is 98.3. The third kappa shape index (κ3) is 22.5. The third-order valence-corrected chi connectivity index (χ3v) is 10.5. The third-order valence-electron chi connectivity index (χ3n) is 10.5. The van der Waals surface area contributed by atoms with E-state index < -0.39 is 83.7 Å². The van der Waals surface area contributed by atoms with Gasteiger partial charge in [-0.25, -0.2) is 4.79 Å². The zero-order chi connectivity index (χ0) is 46.5. The van der Waals surface area contributed by atoms with Crippen LogP contribution in [-0.4, -0.2) is 134 Å². The van der Waals surface area contributed by atoms with Crippen LogP contribution in [0.15, 0.2) is 4.99 Å². The first-order chi connectivity index (χ1) is 29.6. The summed E-state index contributed by atoms with van der Waals surface area (Å²) in [6, 6.07) is -7.29. The maximum Gasteiger partial charge on any atom is 0.326 e. The lowest BCUT2D eigenvalue weighted by atomic mass is 10.0. The number of unbranched alkanes of at least 4 members (excludes halogenated alkanes) is 4. The molecule has 0 unspecified atom stereocenters. The minimum atomic E-state index is -1.25. The molecule has 1 saturated heterocycles. The van der Waals surface area contributed by atoms with Crippen LogP contribution in [0.3, 0.4) is 0 Å². The Hall–Kier alpha value is -4.64. The summed E-state index contributed by atoms with van der Waals surface area (Å²) in [5.74, 6) is -5.55. The summed E-state index contributed by atoms with van der Waals surface area (Å²) < 4.78 is 0. The van der Waals surface area contributed by atoms with E-state index in [1.807, 2.05) is 0 Å². The van der Waals surface area contributed by atoms with E-state index in [1.54, 1.807) is 13.8 Å². The highest BCUT2D eigenvalue weighted by atomic mass is 16.4. The van der Waals surface area contributed by atoms with Crippen LogP contribution >= 0.6 is 0 Å². The van der Waals surface area contributed by atoms with E-state index in [-0.39, 0.29) is 50.5 Å². The van der Waals surface area contributed by atoms with Crippen molar-refractivity contribution in [1.29, 1.82) is 0 Å². The fourth-order valence-electron chi connectivity index (χ4n) is 6.86. The van der Waals surface area contributed by atoms with Crippen molar-refractivity contribution in [1.82, 2.24) is 37.2 Å². The second-order valence-electron chi connectivity index (χ2n) is 16.1. The van der Waals surface area contributed by atoms with Crippen LogP contribution in [0.5, 0.6) is 0 Å².